The number of hydrogen-bond donors (Lipinski definition) is 2. The number of fused-ring (bicyclic) bond motifs is 1. The van der Waals surface area contributed by atoms with Crippen molar-refractivity contribution in [2.75, 3.05) is 18.2 Å². The maximum absolute atomic E-state index is 12.0. The quantitative estimate of drug-likeness (QED) is 0.509. The molecule has 1 amide bonds. The average Bonchev–Trinajstić information content (AvgIpc) is 3.03. The van der Waals surface area contributed by atoms with E-state index in [9.17, 15) is 4.79 Å². The number of anilines is 2. The maximum atomic E-state index is 12.0. The fraction of sp³-hybridized carbons (Fsp3) is 0.263. The van der Waals surface area contributed by atoms with Crippen LogP contribution in [0.5, 0.6) is 5.75 Å². The first-order valence-electron chi connectivity index (χ1n) is 8.19. The van der Waals surface area contributed by atoms with Crippen molar-refractivity contribution < 1.29 is 18.7 Å². The molecule has 0 fully saturated rings. The third-order valence-electron chi connectivity index (χ3n) is 3.73. The highest BCUT2D eigenvalue weighted by Gasteiger charge is 2.19. The Balaban J connectivity index is 1.98. The van der Waals surface area contributed by atoms with Gasteiger partial charge in [0.15, 0.2) is 5.58 Å². The lowest BCUT2D eigenvalue weighted by molar-refractivity contribution is 0.0635. The van der Waals surface area contributed by atoms with Crippen molar-refractivity contribution in [1.82, 2.24) is 4.98 Å². The Morgan fingerprint density at radius 2 is 2.07 bits per heavy atom. The van der Waals surface area contributed by atoms with Crippen molar-refractivity contribution in [2.45, 2.75) is 26.4 Å². The topological polar surface area (TPSA) is 99.6 Å². The number of furan rings is 1. The van der Waals surface area contributed by atoms with Crippen LogP contribution in [0.2, 0.25) is 0 Å². The Hall–Kier alpha value is -2.49. The van der Waals surface area contributed by atoms with Gasteiger partial charge in [0, 0.05) is 11.8 Å². The summed E-state index contributed by atoms with van der Waals surface area (Å²) in [5, 5.41) is 3.45. The number of methoxy groups -OCH3 is 1. The third kappa shape index (κ3) is 4.10. The van der Waals surface area contributed by atoms with Crippen molar-refractivity contribution in [3.05, 3.63) is 34.2 Å². The summed E-state index contributed by atoms with van der Waals surface area (Å²) in [5.41, 5.74) is 8.29. The lowest BCUT2D eigenvalue weighted by Gasteiger charge is -2.20. The number of nitrogens with two attached hydrogens (primary N) is 1. The van der Waals surface area contributed by atoms with Crippen molar-refractivity contribution in [3.8, 4) is 16.9 Å². The van der Waals surface area contributed by atoms with Gasteiger partial charge < -0.3 is 19.6 Å². The van der Waals surface area contributed by atoms with Gasteiger partial charge in [-0.05, 0) is 61.1 Å². The number of benzene rings is 1. The van der Waals surface area contributed by atoms with Gasteiger partial charge in [0.25, 0.3) is 0 Å². The predicted octanol–water partition coefficient (Wildman–Crippen LogP) is 5.04. The molecule has 1 aromatic carbocycles. The molecule has 0 atom stereocenters. The fourth-order valence-electron chi connectivity index (χ4n) is 2.63. The summed E-state index contributed by atoms with van der Waals surface area (Å²) in [5.74, 6) is 0.883. The van der Waals surface area contributed by atoms with Gasteiger partial charge in [0.2, 0.25) is 0 Å². The van der Waals surface area contributed by atoms with Crippen LogP contribution in [0.25, 0.3) is 22.1 Å². The number of halogens is 1. The number of nitrogens with one attached hydrogen (secondary N) is 1. The van der Waals surface area contributed by atoms with E-state index in [2.05, 4.69) is 32.9 Å². The number of carbonyl (C=O) groups excluding carboxylic acids is 1. The zero-order chi connectivity index (χ0) is 19.8. The van der Waals surface area contributed by atoms with E-state index in [0.717, 1.165) is 20.1 Å². The summed E-state index contributed by atoms with van der Waals surface area (Å²) in [6.07, 6.45) is 2.76. The summed E-state index contributed by atoms with van der Waals surface area (Å²) in [4.78, 5) is 16.2. The molecule has 0 saturated carbocycles. The molecule has 142 valence electrons. The Morgan fingerprint density at radius 3 is 2.74 bits per heavy atom. The molecular formula is C19H20IN3O4. The summed E-state index contributed by atoms with van der Waals surface area (Å²) in [6.45, 7) is 5.41. The van der Waals surface area contributed by atoms with E-state index in [0.29, 0.717) is 22.8 Å². The van der Waals surface area contributed by atoms with Gasteiger partial charge in [0.1, 0.15) is 17.2 Å². The van der Waals surface area contributed by atoms with Gasteiger partial charge >= 0.3 is 6.09 Å². The molecule has 0 spiro atoms. The van der Waals surface area contributed by atoms with Gasteiger partial charge in [-0.1, -0.05) is 6.07 Å². The standard InChI is InChI=1S/C19H20IN3O4/c1-19(2,3)27-18(24)23-13-6-5-10(7-14(13)25-4)11-9-26-16-12(20)8-22-17(21)15(11)16/h5-9H,1-4H3,(H2,21,22)(H,23,24). The van der Waals surface area contributed by atoms with E-state index in [1.165, 1.54) is 7.11 Å². The molecule has 27 heavy (non-hydrogen) atoms. The van der Waals surface area contributed by atoms with Crippen molar-refractivity contribution >= 4 is 51.2 Å². The molecule has 0 aliphatic rings. The van der Waals surface area contributed by atoms with Crippen LogP contribution in [0, 0.1) is 3.57 Å². The summed E-state index contributed by atoms with van der Waals surface area (Å²) in [6, 6.07) is 5.39. The van der Waals surface area contributed by atoms with Crippen LogP contribution in [0.15, 0.2) is 35.1 Å². The van der Waals surface area contributed by atoms with E-state index in [1.807, 2.05) is 6.07 Å². The molecule has 2 aromatic heterocycles. The van der Waals surface area contributed by atoms with Crippen LogP contribution in [0.4, 0.5) is 16.3 Å². The number of hydrogen-bond acceptors (Lipinski definition) is 6. The minimum atomic E-state index is -0.589. The molecule has 3 N–H and O–H groups in total. The number of pyridine rings is 1. The summed E-state index contributed by atoms with van der Waals surface area (Å²) >= 11 is 2.15. The van der Waals surface area contributed by atoms with Crippen LogP contribution in [-0.4, -0.2) is 23.8 Å². The molecule has 0 unspecified atom stereocenters. The SMILES string of the molecule is COc1cc(-c2coc3c(I)cnc(N)c23)ccc1NC(=O)OC(C)(C)C. The molecular weight excluding hydrogens is 461 g/mol. The van der Waals surface area contributed by atoms with Crippen molar-refractivity contribution in [2.24, 2.45) is 0 Å². The molecule has 8 heteroatoms. The minimum absolute atomic E-state index is 0.393. The Bertz CT molecular complexity index is 1010. The van der Waals surface area contributed by atoms with Gasteiger partial charge in [-0.2, -0.15) is 0 Å². The van der Waals surface area contributed by atoms with E-state index in [-0.39, 0.29) is 0 Å². The molecule has 0 bridgehead atoms. The highest BCUT2D eigenvalue weighted by molar-refractivity contribution is 14.1. The largest absolute Gasteiger partial charge is 0.495 e. The summed E-state index contributed by atoms with van der Waals surface area (Å²) in [7, 11) is 1.53. The van der Waals surface area contributed by atoms with E-state index in [4.69, 9.17) is 19.6 Å². The molecule has 0 radical (unpaired) electrons. The second-order valence-electron chi connectivity index (χ2n) is 6.89. The zero-order valence-corrected chi connectivity index (χ0v) is 17.6. The lowest BCUT2D eigenvalue weighted by atomic mass is 10.0. The molecule has 0 aliphatic carbocycles. The monoisotopic (exact) mass is 481 g/mol. The van der Waals surface area contributed by atoms with Crippen LogP contribution < -0.4 is 15.8 Å². The number of rotatable bonds is 3. The Labute approximate surface area is 170 Å². The minimum Gasteiger partial charge on any atom is -0.495 e. The number of aromatic nitrogens is 1. The van der Waals surface area contributed by atoms with Gasteiger partial charge in [-0.25, -0.2) is 9.78 Å². The number of nitrogens with zero attached hydrogens (tertiary/aromatic N) is 1. The van der Waals surface area contributed by atoms with Crippen molar-refractivity contribution in [1.29, 1.82) is 0 Å². The zero-order valence-electron chi connectivity index (χ0n) is 15.4. The second kappa shape index (κ2) is 7.26. The molecule has 3 rings (SSSR count). The Kier molecular flexibility index (Phi) is 5.18. The normalized spacial score (nSPS) is 11.4. The smallest absolute Gasteiger partial charge is 0.412 e. The molecule has 2 heterocycles. The summed E-state index contributed by atoms with van der Waals surface area (Å²) < 4.78 is 17.3. The second-order valence-corrected chi connectivity index (χ2v) is 8.05. The third-order valence-corrected chi connectivity index (χ3v) is 4.50. The molecule has 7 nitrogen and oxygen atoms in total. The number of carbonyl (C=O) groups is 1. The highest BCUT2D eigenvalue weighted by atomic mass is 127. The molecule has 0 aliphatic heterocycles. The maximum Gasteiger partial charge on any atom is 0.412 e. The van der Waals surface area contributed by atoms with E-state index in [1.54, 1.807) is 45.4 Å². The lowest BCUT2D eigenvalue weighted by Crippen LogP contribution is -2.27. The van der Waals surface area contributed by atoms with E-state index < -0.39 is 11.7 Å². The van der Waals surface area contributed by atoms with Gasteiger partial charge in [0.05, 0.1) is 28.0 Å². The van der Waals surface area contributed by atoms with Gasteiger partial charge in [-0.3, -0.25) is 5.32 Å². The first-order chi connectivity index (χ1) is 12.7. The average molecular weight is 481 g/mol. The number of ether oxygens (including phenoxy) is 2. The predicted molar refractivity (Wildman–Crippen MR) is 113 cm³/mol. The Morgan fingerprint density at radius 1 is 1.33 bits per heavy atom. The first kappa shape index (κ1) is 19.3. The van der Waals surface area contributed by atoms with Crippen LogP contribution >= 0.6 is 22.6 Å². The fourth-order valence-corrected chi connectivity index (χ4v) is 3.16. The van der Waals surface area contributed by atoms with Crippen molar-refractivity contribution in [3.63, 3.8) is 0 Å². The molecule has 0 saturated heterocycles. The van der Waals surface area contributed by atoms with Crippen LogP contribution in [0.3, 0.4) is 0 Å². The highest BCUT2D eigenvalue weighted by Crippen LogP contribution is 2.38. The number of nitrogen functional groups attached to an aromatic ring is 1. The number of amides is 1. The first-order valence-corrected chi connectivity index (χ1v) is 9.27. The van der Waals surface area contributed by atoms with Crippen LogP contribution in [0.1, 0.15) is 20.8 Å². The van der Waals surface area contributed by atoms with Gasteiger partial charge in [-0.15, -0.1) is 0 Å². The van der Waals surface area contributed by atoms with Crippen LogP contribution in [-0.2, 0) is 4.74 Å². The molecule has 3 aromatic rings. The van der Waals surface area contributed by atoms with E-state index >= 15 is 0 Å².